The first kappa shape index (κ1) is 17.4. The first-order valence-electron chi connectivity index (χ1n) is 6.72. The van der Waals surface area contributed by atoms with Gasteiger partial charge >= 0.3 is 0 Å². The van der Waals surface area contributed by atoms with E-state index in [1.165, 1.54) is 0 Å². The highest BCUT2D eigenvalue weighted by atomic mass is 19.3. The fraction of sp³-hybridized carbons (Fsp3) is 0.533. The Balaban J connectivity index is 2.43. The number of carbonyl (C=O) groups is 1. The SMILES string of the molecule is CC(C)(C)c1ccc(OCC(=O)NCC(F)(F)CN)cc1. The van der Waals surface area contributed by atoms with Gasteiger partial charge in [-0.25, -0.2) is 8.78 Å². The second-order valence-electron chi connectivity index (χ2n) is 5.90. The number of halogens is 2. The molecule has 3 N–H and O–H groups in total. The van der Waals surface area contributed by atoms with Gasteiger partial charge in [0.05, 0.1) is 13.1 Å². The van der Waals surface area contributed by atoms with Crippen molar-refractivity contribution >= 4 is 5.91 Å². The average molecular weight is 300 g/mol. The van der Waals surface area contributed by atoms with Crippen molar-refractivity contribution in [1.29, 1.82) is 0 Å². The zero-order valence-electron chi connectivity index (χ0n) is 12.6. The second kappa shape index (κ2) is 6.85. The number of nitrogens with two attached hydrogens (primary N) is 1. The Morgan fingerprint density at radius 3 is 2.29 bits per heavy atom. The minimum atomic E-state index is -3.09. The molecule has 4 nitrogen and oxygen atoms in total. The van der Waals surface area contributed by atoms with Gasteiger partial charge in [-0.3, -0.25) is 4.79 Å². The molecule has 0 unspecified atom stereocenters. The van der Waals surface area contributed by atoms with Crippen LogP contribution in [-0.4, -0.2) is 31.5 Å². The summed E-state index contributed by atoms with van der Waals surface area (Å²) in [7, 11) is 0. The van der Waals surface area contributed by atoms with Crippen LogP contribution in [0.3, 0.4) is 0 Å². The van der Waals surface area contributed by atoms with Crippen LogP contribution in [0.25, 0.3) is 0 Å². The number of alkyl halides is 2. The molecule has 0 atom stereocenters. The first-order valence-corrected chi connectivity index (χ1v) is 6.72. The van der Waals surface area contributed by atoms with E-state index in [1.807, 2.05) is 12.1 Å². The minimum absolute atomic E-state index is 0.0315. The molecule has 6 heteroatoms. The number of carbonyl (C=O) groups excluding carboxylic acids is 1. The molecule has 0 aliphatic rings. The third-order valence-corrected chi connectivity index (χ3v) is 2.93. The number of hydrogen-bond donors (Lipinski definition) is 2. The molecule has 0 saturated heterocycles. The van der Waals surface area contributed by atoms with Gasteiger partial charge in [-0.1, -0.05) is 32.9 Å². The highest BCUT2D eigenvalue weighted by Gasteiger charge is 2.27. The molecule has 0 bridgehead atoms. The van der Waals surface area contributed by atoms with Crippen LogP contribution in [-0.2, 0) is 10.2 Å². The lowest BCUT2D eigenvalue weighted by molar-refractivity contribution is -0.124. The van der Waals surface area contributed by atoms with Crippen LogP contribution in [0.15, 0.2) is 24.3 Å². The maximum Gasteiger partial charge on any atom is 0.277 e. The Bertz CT molecular complexity index is 468. The summed E-state index contributed by atoms with van der Waals surface area (Å²) in [5.74, 6) is -3.18. The third-order valence-electron chi connectivity index (χ3n) is 2.93. The van der Waals surface area contributed by atoms with Crippen LogP contribution >= 0.6 is 0 Å². The van der Waals surface area contributed by atoms with Crippen molar-refractivity contribution in [3.05, 3.63) is 29.8 Å². The molecule has 0 aliphatic carbocycles. The Hall–Kier alpha value is -1.69. The van der Waals surface area contributed by atoms with Crippen molar-refractivity contribution in [3.63, 3.8) is 0 Å². The molecular formula is C15H22F2N2O2. The van der Waals surface area contributed by atoms with Crippen LogP contribution in [0, 0.1) is 0 Å². The molecule has 0 radical (unpaired) electrons. The summed E-state index contributed by atoms with van der Waals surface area (Å²) >= 11 is 0. The van der Waals surface area contributed by atoms with E-state index >= 15 is 0 Å². The van der Waals surface area contributed by atoms with Gasteiger partial charge in [0.25, 0.3) is 11.8 Å². The maximum atomic E-state index is 12.9. The maximum absolute atomic E-state index is 12.9. The van der Waals surface area contributed by atoms with Gasteiger partial charge in [0, 0.05) is 0 Å². The van der Waals surface area contributed by atoms with Crippen molar-refractivity contribution in [2.45, 2.75) is 32.1 Å². The smallest absolute Gasteiger partial charge is 0.277 e. The predicted octanol–water partition coefficient (Wildman–Crippen LogP) is 2.07. The zero-order valence-corrected chi connectivity index (χ0v) is 12.6. The number of amides is 1. The molecule has 1 aromatic rings. The fourth-order valence-corrected chi connectivity index (χ4v) is 1.55. The lowest BCUT2D eigenvalue weighted by atomic mass is 9.87. The van der Waals surface area contributed by atoms with Crippen LogP contribution in [0.1, 0.15) is 26.3 Å². The molecule has 1 rings (SSSR count). The Kier molecular flexibility index (Phi) is 5.66. The number of nitrogens with one attached hydrogen (secondary N) is 1. The molecule has 0 heterocycles. The Morgan fingerprint density at radius 1 is 1.24 bits per heavy atom. The molecule has 1 amide bonds. The molecule has 118 valence electrons. The fourth-order valence-electron chi connectivity index (χ4n) is 1.55. The van der Waals surface area contributed by atoms with E-state index in [1.54, 1.807) is 12.1 Å². The van der Waals surface area contributed by atoms with E-state index in [0.717, 1.165) is 5.56 Å². The van der Waals surface area contributed by atoms with Crippen molar-refractivity contribution in [3.8, 4) is 5.75 Å². The standard InChI is InChI=1S/C15H22F2N2O2/c1-14(2,3)11-4-6-12(7-5-11)21-8-13(20)19-10-15(16,17)9-18/h4-7H,8-10,18H2,1-3H3,(H,19,20). The van der Waals surface area contributed by atoms with Gasteiger partial charge in [-0.2, -0.15) is 0 Å². The Morgan fingerprint density at radius 2 is 1.81 bits per heavy atom. The van der Waals surface area contributed by atoms with Gasteiger partial charge in [-0.15, -0.1) is 0 Å². The Labute approximate surface area is 123 Å². The highest BCUT2D eigenvalue weighted by Crippen LogP contribution is 2.24. The topological polar surface area (TPSA) is 64.3 Å². The molecule has 0 aromatic heterocycles. The molecule has 21 heavy (non-hydrogen) atoms. The first-order chi connectivity index (χ1) is 9.64. The van der Waals surface area contributed by atoms with Crippen LogP contribution < -0.4 is 15.8 Å². The summed E-state index contributed by atoms with van der Waals surface area (Å²) in [4.78, 5) is 11.4. The van der Waals surface area contributed by atoms with Crippen molar-refractivity contribution < 1.29 is 18.3 Å². The van der Waals surface area contributed by atoms with Gasteiger partial charge in [0.2, 0.25) is 0 Å². The highest BCUT2D eigenvalue weighted by molar-refractivity contribution is 5.77. The van der Waals surface area contributed by atoms with Crippen molar-refractivity contribution in [2.24, 2.45) is 5.73 Å². The minimum Gasteiger partial charge on any atom is -0.484 e. The summed E-state index contributed by atoms with van der Waals surface area (Å²) in [5, 5.41) is 2.09. The second-order valence-corrected chi connectivity index (χ2v) is 5.90. The molecule has 1 aromatic carbocycles. The van der Waals surface area contributed by atoms with E-state index < -0.39 is 24.9 Å². The number of benzene rings is 1. The zero-order chi connectivity index (χ0) is 16.1. The molecular weight excluding hydrogens is 278 g/mol. The predicted molar refractivity (Wildman–Crippen MR) is 77.6 cm³/mol. The third kappa shape index (κ3) is 6.08. The summed E-state index contributed by atoms with van der Waals surface area (Å²) < 4.78 is 31.0. The van der Waals surface area contributed by atoms with E-state index in [4.69, 9.17) is 10.5 Å². The molecule has 0 aliphatic heterocycles. The number of ether oxygens (including phenoxy) is 1. The van der Waals surface area contributed by atoms with E-state index in [-0.39, 0.29) is 12.0 Å². The molecule has 0 saturated carbocycles. The van der Waals surface area contributed by atoms with Crippen molar-refractivity contribution in [2.75, 3.05) is 19.7 Å². The molecule has 0 fully saturated rings. The summed E-state index contributed by atoms with van der Waals surface area (Å²) in [6.45, 7) is 4.38. The monoisotopic (exact) mass is 300 g/mol. The van der Waals surface area contributed by atoms with Crippen LogP contribution in [0.5, 0.6) is 5.75 Å². The van der Waals surface area contributed by atoms with Gasteiger partial charge in [-0.05, 0) is 23.1 Å². The van der Waals surface area contributed by atoms with Crippen LogP contribution in [0.2, 0.25) is 0 Å². The average Bonchev–Trinajstić information content (AvgIpc) is 2.42. The number of rotatable bonds is 6. The van der Waals surface area contributed by atoms with E-state index in [9.17, 15) is 13.6 Å². The lowest BCUT2D eigenvalue weighted by Crippen LogP contribution is -2.43. The van der Waals surface area contributed by atoms with Crippen molar-refractivity contribution in [1.82, 2.24) is 5.32 Å². The molecule has 0 spiro atoms. The summed E-state index contributed by atoms with van der Waals surface area (Å²) in [5.41, 5.74) is 6.05. The summed E-state index contributed by atoms with van der Waals surface area (Å²) in [6, 6.07) is 7.33. The van der Waals surface area contributed by atoms with Gasteiger partial charge in [0.15, 0.2) is 6.61 Å². The number of hydrogen-bond acceptors (Lipinski definition) is 3. The largest absolute Gasteiger partial charge is 0.484 e. The van der Waals surface area contributed by atoms with Gasteiger partial charge < -0.3 is 15.8 Å². The quantitative estimate of drug-likeness (QED) is 0.845. The lowest BCUT2D eigenvalue weighted by Gasteiger charge is -2.19. The van der Waals surface area contributed by atoms with Gasteiger partial charge in [0.1, 0.15) is 5.75 Å². The normalized spacial score (nSPS) is 12.1. The van der Waals surface area contributed by atoms with E-state index in [2.05, 4.69) is 26.1 Å². The summed E-state index contributed by atoms with van der Waals surface area (Å²) in [6.07, 6.45) is 0. The van der Waals surface area contributed by atoms with Crippen LogP contribution in [0.4, 0.5) is 8.78 Å². The van der Waals surface area contributed by atoms with E-state index in [0.29, 0.717) is 5.75 Å².